The van der Waals surface area contributed by atoms with Crippen molar-refractivity contribution >= 4 is 15.7 Å². The summed E-state index contributed by atoms with van der Waals surface area (Å²) in [6.45, 7) is 0.261. The Labute approximate surface area is 199 Å². The number of hydrogen-bond acceptors (Lipinski definition) is 6. The van der Waals surface area contributed by atoms with Gasteiger partial charge in [-0.3, -0.25) is 0 Å². The van der Waals surface area contributed by atoms with Crippen LogP contribution in [0, 0.1) is 17.2 Å². The van der Waals surface area contributed by atoms with Gasteiger partial charge in [-0.15, -0.1) is 0 Å². The number of nitrogens with one attached hydrogen (secondary N) is 1. The molecule has 0 radical (unpaired) electrons. The van der Waals surface area contributed by atoms with Gasteiger partial charge in [-0.2, -0.15) is 9.57 Å². The van der Waals surface area contributed by atoms with Crippen LogP contribution in [0.2, 0.25) is 0 Å². The first-order valence-electron chi connectivity index (χ1n) is 11.1. The minimum atomic E-state index is -3.86. The van der Waals surface area contributed by atoms with E-state index in [0.717, 1.165) is 22.4 Å². The second-order valence-corrected chi connectivity index (χ2v) is 10.5. The summed E-state index contributed by atoms with van der Waals surface area (Å²) in [7, 11) is -2.40. The Kier molecular flexibility index (Phi) is 5.78. The van der Waals surface area contributed by atoms with Gasteiger partial charge in [0, 0.05) is 18.2 Å². The Balaban J connectivity index is 1.63. The van der Waals surface area contributed by atoms with Crippen molar-refractivity contribution < 1.29 is 18.3 Å². The lowest BCUT2D eigenvalue weighted by Gasteiger charge is -2.39. The van der Waals surface area contributed by atoms with Gasteiger partial charge in [-0.25, -0.2) is 8.42 Å². The lowest BCUT2D eigenvalue weighted by molar-refractivity contribution is 0.210. The third-order valence-electron chi connectivity index (χ3n) is 6.80. The van der Waals surface area contributed by atoms with Crippen molar-refractivity contribution in [2.45, 2.75) is 23.4 Å². The molecule has 2 N–H and O–H groups in total. The molecule has 0 saturated carbocycles. The van der Waals surface area contributed by atoms with E-state index in [9.17, 15) is 18.8 Å². The molecular formula is C26H25N3O4S. The van der Waals surface area contributed by atoms with Crippen LogP contribution in [0.4, 0.5) is 5.69 Å². The predicted molar refractivity (Wildman–Crippen MR) is 129 cm³/mol. The van der Waals surface area contributed by atoms with Crippen molar-refractivity contribution in [2.24, 2.45) is 5.92 Å². The molecule has 5 rings (SSSR count). The number of fused-ring (bicyclic) bond motifs is 3. The Morgan fingerprint density at radius 2 is 1.91 bits per heavy atom. The SMILES string of the molecule is COc1ccccc1S(=O)(=O)N1CC[C@H]2[C@H](CO)Nc3ccc(-c4cccc(C#N)c4)cc3[C@H]21. The largest absolute Gasteiger partial charge is 0.495 e. The number of benzene rings is 3. The standard InChI is InChI=1S/C26H25N3O4S/c1-33-24-7-2-3-8-25(24)34(31,32)29-12-11-20-23(16-30)28-22-10-9-19(14-21(22)26(20)29)18-6-4-5-17(13-18)15-27/h2-10,13-14,20,23,26,28,30H,11-12,16H2,1H3/t20-,23-,26-/m0/s1. The molecule has 174 valence electrons. The van der Waals surface area contributed by atoms with Gasteiger partial charge in [-0.1, -0.05) is 30.3 Å². The average molecular weight is 476 g/mol. The molecular weight excluding hydrogens is 450 g/mol. The molecule has 2 aliphatic rings. The highest BCUT2D eigenvalue weighted by Gasteiger charge is 2.49. The number of aliphatic hydroxyl groups is 1. The smallest absolute Gasteiger partial charge is 0.247 e. The summed E-state index contributed by atoms with van der Waals surface area (Å²) >= 11 is 0. The molecule has 1 saturated heterocycles. The van der Waals surface area contributed by atoms with Gasteiger partial charge in [0.2, 0.25) is 10.0 Å². The zero-order chi connectivity index (χ0) is 23.9. The lowest BCUT2D eigenvalue weighted by atomic mass is 9.82. The van der Waals surface area contributed by atoms with Crippen LogP contribution >= 0.6 is 0 Å². The predicted octanol–water partition coefficient (Wildman–Crippen LogP) is 3.77. The molecule has 3 aromatic rings. The Hall–Kier alpha value is -3.38. The van der Waals surface area contributed by atoms with E-state index in [1.54, 1.807) is 34.6 Å². The van der Waals surface area contributed by atoms with E-state index >= 15 is 0 Å². The molecule has 2 heterocycles. The van der Waals surface area contributed by atoms with Crippen LogP contribution in [0.3, 0.4) is 0 Å². The van der Waals surface area contributed by atoms with Crippen LogP contribution in [0.1, 0.15) is 23.6 Å². The number of methoxy groups -OCH3 is 1. The van der Waals surface area contributed by atoms with E-state index in [-0.39, 0.29) is 23.5 Å². The maximum atomic E-state index is 13.8. The molecule has 0 aliphatic carbocycles. The molecule has 0 amide bonds. The molecule has 0 aromatic heterocycles. The summed E-state index contributed by atoms with van der Waals surface area (Å²) in [6, 6.07) is 21.4. The minimum absolute atomic E-state index is 0.0809. The Morgan fingerprint density at radius 1 is 1.12 bits per heavy atom. The molecule has 3 aromatic carbocycles. The van der Waals surface area contributed by atoms with Gasteiger partial charge in [0.15, 0.2) is 0 Å². The molecule has 2 aliphatic heterocycles. The van der Waals surface area contributed by atoms with Gasteiger partial charge in [-0.05, 0) is 59.5 Å². The zero-order valence-corrected chi connectivity index (χ0v) is 19.5. The number of para-hydroxylation sites is 1. The quantitative estimate of drug-likeness (QED) is 0.582. The maximum absolute atomic E-state index is 13.8. The molecule has 8 heteroatoms. The Morgan fingerprint density at radius 3 is 2.68 bits per heavy atom. The second-order valence-electron chi connectivity index (χ2n) is 8.59. The molecule has 34 heavy (non-hydrogen) atoms. The number of ether oxygens (including phenoxy) is 1. The van der Waals surface area contributed by atoms with Gasteiger partial charge < -0.3 is 15.2 Å². The van der Waals surface area contributed by atoms with Gasteiger partial charge >= 0.3 is 0 Å². The van der Waals surface area contributed by atoms with E-state index in [1.165, 1.54) is 7.11 Å². The Bertz CT molecular complexity index is 1380. The summed E-state index contributed by atoms with van der Waals surface area (Å²) in [4.78, 5) is 0.136. The topological polar surface area (TPSA) is 103 Å². The van der Waals surface area contributed by atoms with Crippen LogP contribution in [-0.4, -0.2) is 44.1 Å². The summed E-state index contributed by atoms with van der Waals surface area (Å²) in [6.07, 6.45) is 0.630. The third-order valence-corrected chi connectivity index (χ3v) is 8.72. The van der Waals surface area contributed by atoms with Crippen LogP contribution in [0.5, 0.6) is 5.75 Å². The number of nitriles is 1. The third kappa shape index (κ3) is 3.62. The van der Waals surface area contributed by atoms with Crippen molar-refractivity contribution in [3.63, 3.8) is 0 Å². The van der Waals surface area contributed by atoms with Crippen molar-refractivity contribution in [2.75, 3.05) is 25.6 Å². The van der Waals surface area contributed by atoms with Crippen molar-refractivity contribution in [1.82, 2.24) is 4.31 Å². The molecule has 0 unspecified atom stereocenters. The van der Waals surface area contributed by atoms with Gasteiger partial charge in [0.1, 0.15) is 10.6 Å². The van der Waals surface area contributed by atoms with Crippen LogP contribution in [0.25, 0.3) is 11.1 Å². The summed E-state index contributed by atoms with van der Waals surface area (Å²) in [5.41, 5.74) is 4.03. The summed E-state index contributed by atoms with van der Waals surface area (Å²) in [5, 5.41) is 22.8. The van der Waals surface area contributed by atoms with Crippen LogP contribution < -0.4 is 10.1 Å². The van der Waals surface area contributed by atoms with E-state index in [0.29, 0.717) is 24.3 Å². The molecule has 3 atom stereocenters. The van der Waals surface area contributed by atoms with Gasteiger partial charge in [0.25, 0.3) is 0 Å². The monoisotopic (exact) mass is 475 g/mol. The molecule has 0 bridgehead atoms. The van der Waals surface area contributed by atoms with Crippen LogP contribution in [-0.2, 0) is 10.0 Å². The zero-order valence-electron chi connectivity index (χ0n) is 18.7. The van der Waals surface area contributed by atoms with Gasteiger partial charge in [0.05, 0.1) is 37.4 Å². The second kappa shape index (κ2) is 8.76. The number of aliphatic hydroxyl groups excluding tert-OH is 1. The first-order valence-corrected chi connectivity index (χ1v) is 12.6. The number of anilines is 1. The highest BCUT2D eigenvalue weighted by molar-refractivity contribution is 7.89. The average Bonchev–Trinajstić information content (AvgIpc) is 3.34. The fourth-order valence-electron chi connectivity index (χ4n) is 5.20. The summed E-state index contributed by atoms with van der Waals surface area (Å²) in [5.74, 6) is 0.226. The minimum Gasteiger partial charge on any atom is -0.495 e. The fraction of sp³-hybridized carbons (Fsp3) is 0.269. The number of nitrogens with zero attached hydrogens (tertiary/aromatic N) is 2. The number of hydrogen-bond donors (Lipinski definition) is 2. The normalized spacial score (nSPS) is 21.7. The molecule has 0 spiro atoms. The number of sulfonamides is 1. The highest BCUT2D eigenvalue weighted by atomic mass is 32.2. The van der Waals surface area contributed by atoms with Crippen molar-refractivity contribution in [3.8, 4) is 22.9 Å². The first-order chi connectivity index (χ1) is 16.5. The number of rotatable bonds is 5. The molecule has 7 nitrogen and oxygen atoms in total. The maximum Gasteiger partial charge on any atom is 0.247 e. The van der Waals surface area contributed by atoms with Crippen LogP contribution in [0.15, 0.2) is 71.6 Å². The van der Waals surface area contributed by atoms with E-state index in [2.05, 4.69) is 11.4 Å². The summed E-state index contributed by atoms with van der Waals surface area (Å²) < 4.78 is 34.6. The van der Waals surface area contributed by atoms with E-state index < -0.39 is 16.1 Å². The highest BCUT2D eigenvalue weighted by Crippen LogP contribution is 2.49. The lowest BCUT2D eigenvalue weighted by Crippen LogP contribution is -2.42. The first kappa shape index (κ1) is 22.4. The van der Waals surface area contributed by atoms with Crippen molar-refractivity contribution in [1.29, 1.82) is 5.26 Å². The molecule has 1 fully saturated rings. The fourth-order valence-corrected chi connectivity index (χ4v) is 7.02. The van der Waals surface area contributed by atoms with E-state index in [4.69, 9.17) is 4.74 Å². The van der Waals surface area contributed by atoms with E-state index in [1.807, 2.05) is 36.4 Å². The van der Waals surface area contributed by atoms with Crippen molar-refractivity contribution in [3.05, 3.63) is 77.9 Å².